The summed E-state index contributed by atoms with van der Waals surface area (Å²) in [7, 11) is 0. The van der Waals surface area contributed by atoms with Crippen LogP contribution in [0.3, 0.4) is 0 Å². The highest BCUT2D eigenvalue weighted by atomic mass is 19.1. The molecule has 0 aromatic heterocycles. The molecule has 3 N–H and O–H groups in total. The third kappa shape index (κ3) is 2.20. The van der Waals surface area contributed by atoms with Crippen LogP contribution in [0.25, 0.3) is 0 Å². The number of allylic oxidation sites excluding steroid dienone is 4. The van der Waals surface area contributed by atoms with Crippen molar-refractivity contribution in [3.8, 4) is 0 Å². The predicted octanol–water partition coefficient (Wildman–Crippen LogP) is 2.14. The number of halogens is 1. The van der Waals surface area contributed by atoms with E-state index >= 15 is 4.39 Å². The molecule has 0 bridgehead atoms. The molecule has 160 valence electrons. The molecule has 3 saturated carbocycles. The normalized spacial score (nSPS) is 53.7. The lowest BCUT2D eigenvalue weighted by Crippen LogP contribution is -2.70. The Morgan fingerprint density at radius 3 is 2.52 bits per heavy atom. The Hall–Kier alpha value is -1.37. The number of aliphatic hydroxyl groups excluding tert-OH is 2. The molecule has 0 saturated heterocycles. The molecule has 0 amide bonds. The summed E-state index contributed by atoms with van der Waals surface area (Å²) in [6.45, 7) is 6.46. The topological polar surface area (TPSA) is 94.8 Å². The summed E-state index contributed by atoms with van der Waals surface area (Å²) in [5, 5.41) is 32.2. The highest BCUT2D eigenvalue weighted by Gasteiger charge is 2.76. The van der Waals surface area contributed by atoms with Crippen LogP contribution in [0.5, 0.6) is 0 Å². The fraction of sp³-hybridized carbons (Fsp3) is 0.739. The first-order valence-electron chi connectivity index (χ1n) is 10.6. The molecule has 29 heavy (non-hydrogen) atoms. The molecule has 0 heterocycles. The monoisotopic (exact) mass is 406 g/mol. The van der Waals surface area contributed by atoms with E-state index in [1.807, 2.05) is 6.92 Å². The van der Waals surface area contributed by atoms with E-state index in [9.17, 15) is 24.9 Å². The van der Waals surface area contributed by atoms with Gasteiger partial charge < -0.3 is 15.3 Å². The summed E-state index contributed by atoms with van der Waals surface area (Å²) in [4.78, 5) is 24.6. The second-order valence-corrected chi connectivity index (χ2v) is 10.3. The Kier molecular flexibility index (Phi) is 4.38. The molecule has 4 aliphatic rings. The minimum absolute atomic E-state index is 0.0603. The van der Waals surface area contributed by atoms with Gasteiger partial charge in [-0.05, 0) is 56.1 Å². The van der Waals surface area contributed by atoms with Gasteiger partial charge in [0.15, 0.2) is 17.2 Å². The lowest BCUT2D eigenvalue weighted by atomic mass is 9.43. The van der Waals surface area contributed by atoms with Gasteiger partial charge in [-0.1, -0.05) is 32.4 Å². The van der Waals surface area contributed by atoms with Crippen molar-refractivity contribution >= 4 is 11.6 Å². The van der Waals surface area contributed by atoms with Crippen molar-refractivity contribution in [2.75, 3.05) is 6.61 Å². The first-order valence-corrected chi connectivity index (χ1v) is 10.6. The predicted molar refractivity (Wildman–Crippen MR) is 104 cm³/mol. The van der Waals surface area contributed by atoms with E-state index in [1.165, 1.54) is 12.2 Å². The van der Waals surface area contributed by atoms with E-state index in [0.29, 0.717) is 18.4 Å². The number of hydrogen-bond donors (Lipinski definition) is 3. The van der Waals surface area contributed by atoms with Crippen LogP contribution in [0.1, 0.15) is 47.0 Å². The maximum atomic E-state index is 17.0. The average molecular weight is 406 g/mol. The lowest BCUT2D eigenvalue weighted by molar-refractivity contribution is -0.223. The molecule has 0 radical (unpaired) electrons. The number of aliphatic hydroxyl groups is 3. The van der Waals surface area contributed by atoms with Crippen LogP contribution in [0.4, 0.5) is 4.39 Å². The Morgan fingerprint density at radius 1 is 1.24 bits per heavy atom. The maximum Gasteiger partial charge on any atom is 0.190 e. The van der Waals surface area contributed by atoms with Crippen LogP contribution in [-0.2, 0) is 9.59 Å². The Labute approximate surface area is 170 Å². The summed E-state index contributed by atoms with van der Waals surface area (Å²) in [6.07, 6.45) is 3.89. The molecule has 5 unspecified atom stereocenters. The Bertz CT molecular complexity index is 835. The van der Waals surface area contributed by atoms with Gasteiger partial charge in [0.05, 0.1) is 6.10 Å². The molecule has 4 rings (SSSR count). The molecule has 9 atom stereocenters. The molecule has 0 aromatic carbocycles. The van der Waals surface area contributed by atoms with Gasteiger partial charge in [-0.2, -0.15) is 0 Å². The van der Waals surface area contributed by atoms with Crippen LogP contribution in [0.2, 0.25) is 0 Å². The Balaban J connectivity index is 1.87. The zero-order chi connectivity index (χ0) is 21.6. The van der Waals surface area contributed by atoms with Crippen molar-refractivity contribution in [1.82, 2.24) is 0 Å². The first-order chi connectivity index (χ1) is 13.4. The maximum absolute atomic E-state index is 17.0. The van der Waals surface area contributed by atoms with E-state index in [2.05, 4.69) is 0 Å². The van der Waals surface area contributed by atoms with E-state index in [-0.39, 0.29) is 24.0 Å². The summed E-state index contributed by atoms with van der Waals surface area (Å²) in [6, 6.07) is 0. The number of carbonyl (C=O) groups is 2. The van der Waals surface area contributed by atoms with E-state index in [0.717, 1.165) is 0 Å². The van der Waals surface area contributed by atoms with Gasteiger partial charge in [-0.15, -0.1) is 0 Å². The second-order valence-electron chi connectivity index (χ2n) is 10.3. The number of hydrogen-bond acceptors (Lipinski definition) is 5. The minimum atomic E-state index is -2.00. The van der Waals surface area contributed by atoms with Crippen molar-refractivity contribution in [3.05, 3.63) is 23.8 Å². The summed E-state index contributed by atoms with van der Waals surface area (Å²) in [5.41, 5.74) is -5.24. The van der Waals surface area contributed by atoms with Crippen molar-refractivity contribution in [2.45, 2.75) is 64.3 Å². The molecule has 6 heteroatoms. The highest BCUT2D eigenvalue weighted by Crippen LogP contribution is 2.71. The third-order valence-corrected chi connectivity index (χ3v) is 9.12. The quantitative estimate of drug-likeness (QED) is 0.653. The first kappa shape index (κ1) is 20.9. The molecular formula is C23H31FO5. The zero-order valence-corrected chi connectivity index (χ0v) is 17.5. The standard InChI is InChI=1S/C23H31FO5/c1-12-7-17-16-8-13(2)23(29,19(28)11-25)21(16,4)10-18(27)22(17,24)20(3)6-5-14(26)9-15(12)20/h5-6,9,12-13,16-18,25,27,29H,7-8,10-11H2,1-4H3/t12-,13+,16?,17?,18?,20?,21?,22-,23-/m0/s1. The van der Waals surface area contributed by atoms with E-state index < -0.39 is 52.4 Å². The number of carbonyl (C=O) groups excluding carboxylic acids is 2. The van der Waals surface area contributed by atoms with Gasteiger partial charge in [-0.25, -0.2) is 4.39 Å². The molecule has 0 aliphatic heterocycles. The van der Waals surface area contributed by atoms with Gasteiger partial charge in [-0.3, -0.25) is 9.59 Å². The lowest BCUT2D eigenvalue weighted by Gasteiger charge is -2.63. The van der Waals surface area contributed by atoms with Crippen molar-refractivity contribution < 1.29 is 29.3 Å². The highest BCUT2D eigenvalue weighted by molar-refractivity contribution is 6.01. The number of rotatable bonds is 2. The SMILES string of the molecule is C[C@@H]1CC2C3C[C@H](C)C4=CC(=O)C=CC4(C)[C@@]3(F)C(O)CC2(C)[C@@]1(O)C(=O)CO. The summed E-state index contributed by atoms with van der Waals surface area (Å²) < 4.78 is 17.0. The van der Waals surface area contributed by atoms with Gasteiger partial charge in [0.1, 0.15) is 12.2 Å². The van der Waals surface area contributed by atoms with Crippen LogP contribution < -0.4 is 0 Å². The van der Waals surface area contributed by atoms with Crippen LogP contribution in [0.15, 0.2) is 23.8 Å². The van der Waals surface area contributed by atoms with Crippen molar-refractivity contribution in [1.29, 1.82) is 0 Å². The third-order valence-electron chi connectivity index (χ3n) is 9.12. The zero-order valence-electron chi connectivity index (χ0n) is 17.5. The smallest absolute Gasteiger partial charge is 0.190 e. The van der Waals surface area contributed by atoms with Gasteiger partial charge in [0.25, 0.3) is 0 Å². The molecule has 0 aromatic rings. The Morgan fingerprint density at radius 2 is 1.90 bits per heavy atom. The molecule has 3 fully saturated rings. The molecule has 4 aliphatic carbocycles. The average Bonchev–Trinajstić information content (AvgIpc) is 2.86. The number of Topliss-reactive ketones (excluding diaryl/α,β-unsaturated/α-hetero) is 1. The molecule has 5 nitrogen and oxygen atoms in total. The van der Waals surface area contributed by atoms with E-state index in [4.69, 9.17) is 0 Å². The minimum Gasteiger partial charge on any atom is -0.390 e. The fourth-order valence-corrected chi connectivity index (χ4v) is 7.65. The summed E-state index contributed by atoms with van der Waals surface area (Å²) in [5.74, 6) is -2.23. The summed E-state index contributed by atoms with van der Waals surface area (Å²) >= 11 is 0. The van der Waals surface area contributed by atoms with Crippen molar-refractivity contribution in [2.24, 2.45) is 34.5 Å². The number of fused-ring (bicyclic) bond motifs is 5. The van der Waals surface area contributed by atoms with E-state index in [1.54, 1.807) is 26.8 Å². The van der Waals surface area contributed by atoms with Crippen molar-refractivity contribution in [3.63, 3.8) is 0 Å². The van der Waals surface area contributed by atoms with Crippen LogP contribution >= 0.6 is 0 Å². The van der Waals surface area contributed by atoms with Crippen LogP contribution in [-0.4, -0.2) is 50.9 Å². The van der Waals surface area contributed by atoms with Gasteiger partial charge in [0.2, 0.25) is 0 Å². The van der Waals surface area contributed by atoms with Gasteiger partial charge >= 0.3 is 0 Å². The van der Waals surface area contributed by atoms with Crippen LogP contribution in [0, 0.1) is 34.5 Å². The largest absolute Gasteiger partial charge is 0.390 e. The number of ketones is 2. The second kappa shape index (κ2) is 6.08. The van der Waals surface area contributed by atoms with Gasteiger partial charge in [0, 0.05) is 16.7 Å². The number of alkyl halides is 1. The molecular weight excluding hydrogens is 375 g/mol. The molecule has 0 spiro atoms. The fourth-order valence-electron chi connectivity index (χ4n) is 7.65.